The molecular weight excluding hydrogens is 444 g/mol. The molecule has 0 spiro atoms. The molecule has 11 heteroatoms. The number of aliphatic hydroxyl groups is 1. The summed E-state index contributed by atoms with van der Waals surface area (Å²) in [6.07, 6.45) is 1.57. The molecular formula is C22H33ClN8O2. The average molecular weight is 477 g/mol. The molecule has 10 nitrogen and oxygen atoms in total. The second kappa shape index (κ2) is 18.9. The first-order chi connectivity index (χ1) is 15.2. The number of nitriles is 1. The van der Waals surface area contributed by atoms with E-state index in [9.17, 15) is 0 Å². The van der Waals surface area contributed by atoms with Crippen LogP contribution >= 0.6 is 12.4 Å². The molecule has 0 aliphatic heterocycles. The second-order valence-electron chi connectivity index (χ2n) is 6.55. The third kappa shape index (κ3) is 16.5. The summed E-state index contributed by atoms with van der Waals surface area (Å²) in [7, 11) is 6.94. The van der Waals surface area contributed by atoms with Crippen molar-refractivity contribution in [1.29, 1.82) is 10.7 Å². The minimum atomic E-state index is -0.185. The normalized spacial score (nSPS) is 10.1. The van der Waals surface area contributed by atoms with Crippen molar-refractivity contribution >= 4 is 30.3 Å². The van der Waals surface area contributed by atoms with Gasteiger partial charge in [-0.3, -0.25) is 0 Å². The molecule has 0 aromatic heterocycles. The van der Waals surface area contributed by atoms with Crippen molar-refractivity contribution in [2.24, 2.45) is 21.5 Å². The number of nitrogens with two attached hydrogens (primary N) is 2. The van der Waals surface area contributed by atoms with E-state index in [0.29, 0.717) is 6.61 Å². The highest BCUT2D eigenvalue weighted by Gasteiger charge is 2.00. The van der Waals surface area contributed by atoms with Crippen LogP contribution in [0.25, 0.3) is 0 Å². The number of benzene rings is 2. The number of nitrogens with zero attached hydrogens (tertiary/aromatic N) is 5. The highest BCUT2D eigenvalue weighted by molar-refractivity contribution is 5.89. The van der Waals surface area contributed by atoms with E-state index in [2.05, 4.69) is 9.98 Å². The van der Waals surface area contributed by atoms with Gasteiger partial charge in [0.25, 0.3) is 0 Å². The van der Waals surface area contributed by atoms with E-state index in [0.717, 1.165) is 11.1 Å². The van der Waals surface area contributed by atoms with Gasteiger partial charge in [-0.05, 0) is 11.1 Å². The van der Waals surface area contributed by atoms with E-state index in [1.165, 1.54) is 0 Å². The minimum Gasteiger partial charge on any atom is -0.459 e. The molecule has 0 amide bonds. The molecule has 0 unspecified atom stereocenters. The minimum absolute atomic E-state index is 0. The first-order valence-electron chi connectivity index (χ1n) is 9.52. The number of amidine groups is 1. The van der Waals surface area contributed by atoms with Gasteiger partial charge in [0.2, 0.25) is 12.2 Å². The average Bonchev–Trinajstić information content (AvgIpc) is 2.80. The predicted molar refractivity (Wildman–Crippen MR) is 135 cm³/mol. The molecule has 0 bridgehead atoms. The highest BCUT2D eigenvalue weighted by atomic mass is 35.5. The SMILES string of the molecule is CN(C)C(N)=NC#N.CN(C)C(N)=NC(=N)OCc1ccccc1.Cl.OCc1ccccc1. The van der Waals surface area contributed by atoms with Gasteiger partial charge in [0.1, 0.15) is 6.61 Å². The zero-order chi connectivity index (χ0) is 24.4. The van der Waals surface area contributed by atoms with Gasteiger partial charge in [-0.15, -0.1) is 17.4 Å². The summed E-state index contributed by atoms with van der Waals surface area (Å²) in [4.78, 5) is 10.2. The Morgan fingerprint density at radius 1 is 0.939 bits per heavy atom. The summed E-state index contributed by atoms with van der Waals surface area (Å²) in [5, 5.41) is 23.9. The quantitative estimate of drug-likeness (QED) is 0.299. The number of nitrogens with one attached hydrogen (secondary N) is 1. The van der Waals surface area contributed by atoms with Gasteiger partial charge in [0.15, 0.2) is 5.96 Å². The zero-order valence-corrected chi connectivity index (χ0v) is 20.2. The third-order valence-corrected chi connectivity index (χ3v) is 3.54. The Balaban J connectivity index is 0. The lowest BCUT2D eigenvalue weighted by molar-refractivity contribution is 0.282. The Morgan fingerprint density at radius 3 is 1.73 bits per heavy atom. The largest absolute Gasteiger partial charge is 0.459 e. The summed E-state index contributed by atoms with van der Waals surface area (Å²) in [5.41, 5.74) is 12.7. The summed E-state index contributed by atoms with van der Waals surface area (Å²) >= 11 is 0. The summed E-state index contributed by atoms with van der Waals surface area (Å²) in [6.45, 7) is 0.463. The molecule has 2 aromatic rings. The number of halogens is 1. The predicted octanol–water partition coefficient (Wildman–Crippen LogP) is 1.96. The summed E-state index contributed by atoms with van der Waals surface area (Å²) in [6, 6.07) is 18.9. The number of rotatable bonds is 3. The standard InChI is InChI=1S/C11H16N4O.C7H8O.C4H8N4.ClH/c1-15(2)10(12)14-11(13)16-8-9-6-4-3-5-7-9;8-6-7-4-2-1-3-5-7;1-8(2)4(6)7-3-5;/h3-7H,8H2,1-2H3,(H3,12,13,14);1-5,8H,6H2;1-2H3,(H2,6,7);1H. The van der Waals surface area contributed by atoms with Gasteiger partial charge in [0, 0.05) is 28.2 Å². The Bertz CT molecular complexity index is 882. The van der Waals surface area contributed by atoms with Gasteiger partial charge in [-0.1, -0.05) is 60.7 Å². The Labute approximate surface area is 201 Å². The molecule has 2 aromatic carbocycles. The van der Waals surface area contributed by atoms with Crippen molar-refractivity contribution in [3.63, 3.8) is 0 Å². The Morgan fingerprint density at radius 2 is 1.39 bits per heavy atom. The zero-order valence-electron chi connectivity index (χ0n) is 19.3. The van der Waals surface area contributed by atoms with Gasteiger partial charge in [-0.25, -0.2) is 5.41 Å². The second-order valence-corrected chi connectivity index (χ2v) is 6.55. The molecule has 0 saturated heterocycles. The van der Waals surface area contributed by atoms with Gasteiger partial charge < -0.3 is 31.1 Å². The monoisotopic (exact) mass is 476 g/mol. The fourth-order valence-corrected chi connectivity index (χ4v) is 1.70. The number of hydrogen-bond donors (Lipinski definition) is 4. The van der Waals surface area contributed by atoms with Crippen molar-refractivity contribution in [3.05, 3.63) is 71.8 Å². The van der Waals surface area contributed by atoms with Crippen LogP contribution in [0.4, 0.5) is 0 Å². The molecule has 2 rings (SSSR count). The first kappa shape index (κ1) is 31.4. The van der Waals surface area contributed by atoms with Gasteiger partial charge >= 0.3 is 6.02 Å². The van der Waals surface area contributed by atoms with Crippen molar-refractivity contribution in [2.45, 2.75) is 13.2 Å². The molecule has 6 N–H and O–H groups in total. The van der Waals surface area contributed by atoms with Crippen LogP contribution in [-0.2, 0) is 18.0 Å². The van der Waals surface area contributed by atoms with Crippen LogP contribution in [0.1, 0.15) is 11.1 Å². The van der Waals surface area contributed by atoms with Crippen molar-refractivity contribution in [2.75, 3.05) is 28.2 Å². The number of ether oxygens (including phenoxy) is 1. The fourth-order valence-electron chi connectivity index (χ4n) is 1.70. The smallest absolute Gasteiger partial charge is 0.312 e. The van der Waals surface area contributed by atoms with Crippen LogP contribution < -0.4 is 11.5 Å². The van der Waals surface area contributed by atoms with Crippen LogP contribution in [0.3, 0.4) is 0 Å². The first-order valence-corrected chi connectivity index (χ1v) is 9.52. The van der Waals surface area contributed by atoms with E-state index in [1.807, 2.05) is 60.7 Å². The molecule has 0 aliphatic carbocycles. The molecule has 0 aliphatic rings. The number of aliphatic hydroxyl groups excluding tert-OH is 1. The lowest BCUT2D eigenvalue weighted by atomic mass is 10.2. The Kier molecular flexibility index (Phi) is 18.0. The van der Waals surface area contributed by atoms with Crippen LogP contribution in [0, 0.1) is 16.9 Å². The maximum Gasteiger partial charge on any atom is 0.312 e. The van der Waals surface area contributed by atoms with E-state index >= 15 is 0 Å². The van der Waals surface area contributed by atoms with E-state index in [1.54, 1.807) is 44.2 Å². The van der Waals surface area contributed by atoms with Crippen molar-refractivity contribution < 1.29 is 9.84 Å². The van der Waals surface area contributed by atoms with Gasteiger partial charge in [0.05, 0.1) is 6.61 Å². The molecule has 0 atom stereocenters. The topological polar surface area (TPSA) is 160 Å². The molecule has 0 fully saturated rings. The third-order valence-electron chi connectivity index (χ3n) is 3.54. The summed E-state index contributed by atoms with van der Waals surface area (Å²) < 4.78 is 5.14. The van der Waals surface area contributed by atoms with E-state index in [-0.39, 0.29) is 37.0 Å². The van der Waals surface area contributed by atoms with Crippen molar-refractivity contribution in [3.8, 4) is 6.19 Å². The van der Waals surface area contributed by atoms with Gasteiger partial charge in [-0.2, -0.15) is 10.3 Å². The van der Waals surface area contributed by atoms with Crippen LogP contribution in [0.2, 0.25) is 0 Å². The highest BCUT2D eigenvalue weighted by Crippen LogP contribution is 2.01. The maximum atomic E-state index is 8.54. The van der Waals surface area contributed by atoms with Crippen LogP contribution in [-0.4, -0.2) is 61.0 Å². The molecule has 0 radical (unpaired) electrons. The van der Waals surface area contributed by atoms with Crippen molar-refractivity contribution in [1.82, 2.24) is 9.80 Å². The van der Waals surface area contributed by atoms with Crippen LogP contribution in [0.5, 0.6) is 0 Å². The number of hydrogen-bond acceptors (Lipinski definition) is 5. The van der Waals surface area contributed by atoms with E-state index in [4.69, 9.17) is 32.0 Å². The number of aliphatic imine (C=N–C) groups is 2. The lowest BCUT2D eigenvalue weighted by Crippen LogP contribution is -2.31. The van der Waals surface area contributed by atoms with Crippen LogP contribution in [0.15, 0.2) is 70.6 Å². The lowest BCUT2D eigenvalue weighted by Gasteiger charge is -2.10. The van der Waals surface area contributed by atoms with E-state index < -0.39 is 0 Å². The molecule has 180 valence electrons. The summed E-state index contributed by atoms with van der Waals surface area (Å²) in [5.74, 6) is 0.477. The fraction of sp³-hybridized carbons (Fsp3) is 0.273. The molecule has 0 heterocycles. The number of guanidine groups is 2. The maximum absolute atomic E-state index is 8.54. The molecule has 0 saturated carbocycles. The molecule has 33 heavy (non-hydrogen) atoms. The Hall–Kier alpha value is -3.81.